The number of anilines is 4. The number of carboxylic acid groups (broad SMARTS) is 1. The number of benzene rings is 2. The van der Waals surface area contributed by atoms with Crippen LogP contribution in [0.25, 0.3) is 11.3 Å². The van der Waals surface area contributed by atoms with E-state index in [-0.39, 0.29) is 24.2 Å². The van der Waals surface area contributed by atoms with Crippen LogP contribution in [0.1, 0.15) is 15.9 Å². The highest BCUT2D eigenvalue weighted by molar-refractivity contribution is 5.94. The van der Waals surface area contributed by atoms with Crippen molar-refractivity contribution in [2.45, 2.75) is 6.42 Å². The lowest BCUT2D eigenvalue weighted by atomic mass is 10.1. The second kappa shape index (κ2) is 11.6. The van der Waals surface area contributed by atoms with E-state index in [9.17, 15) is 9.59 Å². The average Bonchev–Trinajstić information content (AvgIpc) is 3.42. The average molecular weight is 530 g/mol. The smallest absolute Gasteiger partial charge is 0.307 e. The van der Waals surface area contributed by atoms with Crippen molar-refractivity contribution in [1.29, 1.82) is 0 Å². The highest BCUT2D eigenvalue weighted by Crippen LogP contribution is 2.25. The van der Waals surface area contributed by atoms with E-state index in [2.05, 4.69) is 41.1 Å². The molecular weight excluding hydrogens is 502 g/mol. The van der Waals surface area contributed by atoms with Crippen LogP contribution in [0, 0.1) is 0 Å². The minimum atomic E-state index is -0.963. The van der Waals surface area contributed by atoms with Crippen LogP contribution in [0.3, 0.4) is 0 Å². The van der Waals surface area contributed by atoms with Gasteiger partial charge in [0.05, 0.1) is 19.2 Å². The number of piperazine rings is 1. The Morgan fingerprint density at radius 1 is 1.03 bits per heavy atom. The first kappa shape index (κ1) is 25.6. The van der Waals surface area contributed by atoms with Crippen LogP contribution in [0.2, 0.25) is 0 Å². The van der Waals surface area contributed by atoms with E-state index in [4.69, 9.17) is 9.84 Å². The number of amides is 1. The number of rotatable bonds is 9. The number of nitrogens with one attached hydrogen (secondary N) is 4. The van der Waals surface area contributed by atoms with Crippen LogP contribution < -0.4 is 20.7 Å². The van der Waals surface area contributed by atoms with E-state index in [0.717, 1.165) is 24.3 Å². The van der Waals surface area contributed by atoms with E-state index in [1.54, 1.807) is 18.2 Å². The van der Waals surface area contributed by atoms with Crippen molar-refractivity contribution in [1.82, 2.24) is 35.4 Å². The number of carbonyl (C=O) groups is 2. The maximum Gasteiger partial charge on any atom is 0.307 e. The Balaban J connectivity index is 1.24. The lowest BCUT2D eigenvalue weighted by Gasteiger charge is -2.27. The summed E-state index contributed by atoms with van der Waals surface area (Å²) in [6.45, 7) is 3.02. The number of aliphatic carboxylic acids is 1. The predicted octanol–water partition coefficient (Wildman–Crippen LogP) is 2.43. The van der Waals surface area contributed by atoms with Crippen molar-refractivity contribution in [2.24, 2.45) is 0 Å². The molecule has 13 heteroatoms. The van der Waals surface area contributed by atoms with Crippen LogP contribution in [-0.4, -0.2) is 80.3 Å². The number of H-pyrrole nitrogens is 1. The quantitative estimate of drug-likeness (QED) is 0.216. The molecule has 1 saturated heterocycles. The number of aromatic nitrogens is 5. The maximum absolute atomic E-state index is 12.7. The molecule has 1 fully saturated rings. The first-order valence-corrected chi connectivity index (χ1v) is 12.3. The van der Waals surface area contributed by atoms with Gasteiger partial charge in [-0.05, 0) is 35.9 Å². The Morgan fingerprint density at radius 2 is 1.77 bits per heavy atom. The molecule has 200 valence electrons. The molecule has 1 aliphatic rings. The van der Waals surface area contributed by atoms with Gasteiger partial charge < -0.3 is 30.7 Å². The van der Waals surface area contributed by atoms with E-state index < -0.39 is 5.97 Å². The Labute approximate surface area is 223 Å². The van der Waals surface area contributed by atoms with E-state index in [0.29, 0.717) is 41.5 Å². The molecule has 2 aromatic heterocycles. The van der Waals surface area contributed by atoms with Gasteiger partial charge in [-0.3, -0.25) is 14.7 Å². The Morgan fingerprint density at radius 3 is 2.49 bits per heavy atom. The fourth-order valence-electron chi connectivity index (χ4n) is 4.19. The molecule has 0 aliphatic carbocycles. The van der Waals surface area contributed by atoms with Crippen LogP contribution in [-0.2, 0) is 11.2 Å². The minimum Gasteiger partial charge on any atom is -0.496 e. The topological polar surface area (TPSA) is 170 Å². The van der Waals surface area contributed by atoms with Crippen molar-refractivity contribution in [3.63, 3.8) is 0 Å². The van der Waals surface area contributed by atoms with Crippen molar-refractivity contribution >= 4 is 35.3 Å². The Hall–Kier alpha value is -5.04. The summed E-state index contributed by atoms with van der Waals surface area (Å²) in [6.07, 6.45) is 1.17. The summed E-state index contributed by atoms with van der Waals surface area (Å²) in [4.78, 5) is 38.4. The van der Waals surface area contributed by atoms with Crippen molar-refractivity contribution in [3.8, 4) is 17.0 Å². The summed E-state index contributed by atoms with van der Waals surface area (Å²) >= 11 is 0. The van der Waals surface area contributed by atoms with Crippen molar-refractivity contribution < 1.29 is 19.4 Å². The van der Waals surface area contributed by atoms with Crippen molar-refractivity contribution in [2.75, 3.05) is 43.9 Å². The molecule has 0 bridgehead atoms. The molecule has 1 aliphatic heterocycles. The third-order valence-corrected chi connectivity index (χ3v) is 6.11. The monoisotopic (exact) mass is 529 g/mol. The van der Waals surface area contributed by atoms with Crippen molar-refractivity contribution in [3.05, 3.63) is 66.0 Å². The molecule has 5 rings (SSSR count). The highest BCUT2D eigenvalue weighted by atomic mass is 16.5. The first-order valence-electron chi connectivity index (χ1n) is 12.3. The van der Waals surface area contributed by atoms with Gasteiger partial charge in [-0.25, -0.2) is 9.97 Å². The Bertz CT molecular complexity index is 1470. The van der Waals surface area contributed by atoms with Gasteiger partial charge in [0.2, 0.25) is 11.9 Å². The fraction of sp³-hybridized carbons (Fsp3) is 0.231. The molecule has 1 amide bonds. The van der Waals surface area contributed by atoms with Crippen LogP contribution >= 0.6 is 0 Å². The third-order valence-electron chi connectivity index (χ3n) is 6.11. The third kappa shape index (κ3) is 6.27. The van der Waals surface area contributed by atoms with E-state index in [1.807, 2.05) is 35.2 Å². The normalized spacial score (nSPS) is 13.1. The van der Waals surface area contributed by atoms with Gasteiger partial charge in [0.15, 0.2) is 5.82 Å². The van der Waals surface area contributed by atoms with Gasteiger partial charge in [0, 0.05) is 49.1 Å². The standard InChI is InChI=1S/C26H27N9O4/c1-39-21-7-6-19(12-18(21)13-23(36)37)30-25-28-15-29-26(32-25)31-22-14-20(33-34-22)16-2-4-17(5-3-16)24(38)35-10-8-27-9-11-35/h2-7,12,14-15,27H,8-11,13H2,1H3,(H,36,37)(H3,28,29,30,31,32,33,34). The molecule has 3 heterocycles. The number of ether oxygens (including phenoxy) is 1. The van der Waals surface area contributed by atoms with Crippen LogP contribution in [0.4, 0.5) is 23.4 Å². The SMILES string of the molecule is COc1ccc(Nc2ncnc(Nc3cc(-c4ccc(C(=O)N5CCNCC5)cc4)[nH]n3)n2)cc1CC(=O)O. The molecular formula is C26H27N9O4. The number of aromatic amines is 1. The van der Waals surface area contributed by atoms with Gasteiger partial charge in [-0.2, -0.15) is 10.1 Å². The molecule has 0 unspecified atom stereocenters. The molecule has 2 aromatic carbocycles. The number of nitrogens with zero attached hydrogens (tertiary/aromatic N) is 5. The first-order chi connectivity index (χ1) is 19.0. The molecule has 0 radical (unpaired) electrons. The molecule has 39 heavy (non-hydrogen) atoms. The number of carboxylic acids is 1. The zero-order valence-corrected chi connectivity index (χ0v) is 21.1. The van der Waals surface area contributed by atoms with Gasteiger partial charge in [0.25, 0.3) is 5.91 Å². The summed E-state index contributed by atoms with van der Waals surface area (Å²) in [5.41, 5.74) is 3.41. The lowest BCUT2D eigenvalue weighted by molar-refractivity contribution is -0.136. The maximum atomic E-state index is 12.7. The zero-order valence-electron chi connectivity index (χ0n) is 21.1. The van der Waals surface area contributed by atoms with E-state index >= 15 is 0 Å². The van der Waals surface area contributed by atoms with Crippen LogP contribution in [0.15, 0.2) is 54.9 Å². The summed E-state index contributed by atoms with van der Waals surface area (Å²) in [7, 11) is 1.49. The van der Waals surface area contributed by atoms with Crippen LogP contribution in [0.5, 0.6) is 5.75 Å². The highest BCUT2D eigenvalue weighted by Gasteiger charge is 2.18. The van der Waals surface area contributed by atoms with Gasteiger partial charge in [-0.15, -0.1) is 0 Å². The number of methoxy groups -OCH3 is 1. The Kier molecular flexibility index (Phi) is 7.59. The molecule has 0 atom stereocenters. The fourth-order valence-corrected chi connectivity index (χ4v) is 4.19. The van der Waals surface area contributed by atoms with Gasteiger partial charge in [-0.1, -0.05) is 12.1 Å². The zero-order chi connectivity index (χ0) is 27.2. The second-order valence-corrected chi connectivity index (χ2v) is 8.77. The lowest BCUT2D eigenvalue weighted by Crippen LogP contribution is -2.46. The molecule has 4 aromatic rings. The largest absolute Gasteiger partial charge is 0.496 e. The minimum absolute atomic E-state index is 0.0296. The van der Waals surface area contributed by atoms with Gasteiger partial charge in [0.1, 0.15) is 12.1 Å². The van der Waals surface area contributed by atoms with E-state index in [1.165, 1.54) is 13.4 Å². The molecule has 0 saturated carbocycles. The number of hydrogen-bond acceptors (Lipinski definition) is 10. The summed E-state index contributed by atoms with van der Waals surface area (Å²) in [5.74, 6) is 0.575. The molecule has 13 nitrogen and oxygen atoms in total. The second-order valence-electron chi connectivity index (χ2n) is 8.77. The summed E-state index contributed by atoms with van der Waals surface area (Å²) in [5, 5.41) is 25.8. The summed E-state index contributed by atoms with van der Waals surface area (Å²) in [6, 6.07) is 14.3. The number of hydrogen-bond donors (Lipinski definition) is 5. The number of carbonyl (C=O) groups excluding carboxylic acids is 1. The predicted molar refractivity (Wildman–Crippen MR) is 144 cm³/mol. The molecule has 0 spiro atoms. The molecule has 5 N–H and O–H groups in total. The van der Waals surface area contributed by atoms with Gasteiger partial charge >= 0.3 is 5.97 Å². The summed E-state index contributed by atoms with van der Waals surface area (Å²) < 4.78 is 5.24.